The number of aryl methyl sites for hydroxylation is 2. The molecule has 0 bridgehead atoms. The molecule has 0 radical (unpaired) electrons. The van der Waals surface area contributed by atoms with E-state index in [9.17, 15) is 4.79 Å². The van der Waals surface area contributed by atoms with Crippen LogP contribution in [-0.4, -0.2) is 25.8 Å². The van der Waals surface area contributed by atoms with Crippen LogP contribution in [0.25, 0.3) is 10.7 Å². The topological polar surface area (TPSA) is 85.8 Å². The Kier molecular flexibility index (Phi) is 4.35. The summed E-state index contributed by atoms with van der Waals surface area (Å²) in [6, 6.07) is 3.94. The van der Waals surface area contributed by atoms with Crippen molar-refractivity contribution in [3.8, 4) is 10.7 Å². The van der Waals surface area contributed by atoms with E-state index in [2.05, 4.69) is 20.6 Å². The second-order valence-corrected chi connectivity index (χ2v) is 7.12. The van der Waals surface area contributed by atoms with Gasteiger partial charge in [-0.1, -0.05) is 11.2 Å². The van der Waals surface area contributed by atoms with Gasteiger partial charge in [-0.3, -0.25) is 9.48 Å². The lowest BCUT2D eigenvalue weighted by molar-refractivity contribution is -0.122. The average Bonchev–Trinajstić information content (AvgIpc) is 3.34. The van der Waals surface area contributed by atoms with Gasteiger partial charge in [0.25, 0.3) is 0 Å². The second kappa shape index (κ2) is 6.79. The number of thiophene rings is 1. The van der Waals surface area contributed by atoms with Gasteiger partial charge in [0.1, 0.15) is 0 Å². The van der Waals surface area contributed by atoms with E-state index in [-0.39, 0.29) is 11.9 Å². The van der Waals surface area contributed by atoms with Crippen molar-refractivity contribution in [2.45, 2.75) is 38.1 Å². The molecule has 1 amide bonds. The summed E-state index contributed by atoms with van der Waals surface area (Å²) < 4.78 is 7.14. The van der Waals surface area contributed by atoms with Crippen molar-refractivity contribution < 1.29 is 9.32 Å². The van der Waals surface area contributed by atoms with Crippen molar-refractivity contribution in [3.63, 3.8) is 0 Å². The first-order chi connectivity index (χ1) is 12.2. The van der Waals surface area contributed by atoms with Crippen LogP contribution in [0.3, 0.4) is 0 Å². The predicted octanol–water partition coefficient (Wildman–Crippen LogP) is 2.66. The van der Waals surface area contributed by atoms with Crippen molar-refractivity contribution >= 4 is 17.2 Å². The van der Waals surface area contributed by atoms with E-state index in [1.165, 1.54) is 5.69 Å². The highest BCUT2D eigenvalue weighted by Crippen LogP contribution is 2.29. The lowest BCUT2D eigenvalue weighted by Gasteiger charge is -2.23. The highest BCUT2D eigenvalue weighted by Gasteiger charge is 2.24. The van der Waals surface area contributed by atoms with E-state index in [1.807, 2.05) is 35.4 Å². The number of aromatic nitrogens is 4. The second-order valence-electron chi connectivity index (χ2n) is 6.17. The molecule has 130 valence electrons. The van der Waals surface area contributed by atoms with Crippen LogP contribution in [0.2, 0.25) is 0 Å². The van der Waals surface area contributed by atoms with Gasteiger partial charge >= 0.3 is 0 Å². The van der Waals surface area contributed by atoms with Crippen molar-refractivity contribution in [1.29, 1.82) is 0 Å². The normalized spacial score (nSPS) is 16.6. The third kappa shape index (κ3) is 3.34. The first-order valence-corrected chi connectivity index (χ1v) is 9.25. The van der Waals surface area contributed by atoms with Gasteiger partial charge in [-0.05, 0) is 30.7 Å². The largest absolute Gasteiger partial charge is 0.349 e. The van der Waals surface area contributed by atoms with Gasteiger partial charge in [-0.15, -0.1) is 11.3 Å². The van der Waals surface area contributed by atoms with Gasteiger partial charge in [0.2, 0.25) is 17.6 Å². The third-order valence-electron chi connectivity index (χ3n) is 4.49. The smallest absolute Gasteiger partial charge is 0.227 e. The molecule has 7 nitrogen and oxygen atoms in total. The minimum absolute atomic E-state index is 0.00224. The number of nitrogens with one attached hydrogen (secondary N) is 1. The Hall–Kier alpha value is -2.48. The van der Waals surface area contributed by atoms with Gasteiger partial charge in [0, 0.05) is 31.1 Å². The lowest BCUT2D eigenvalue weighted by Crippen LogP contribution is -2.31. The Balaban J connectivity index is 1.34. The Labute approximate surface area is 149 Å². The maximum absolute atomic E-state index is 12.3. The molecule has 1 atom stereocenters. The van der Waals surface area contributed by atoms with Crippen molar-refractivity contribution in [3.05, 3.63) is 40.9 Å². The molecule has 25 heavy (non-hydrogen) atoms. The maximum Gasteiger partial charge on any atom is 0.227 e. The summed E-state index contributed by atoms with van der Waals surface area (Å²) in [4.78, 5) is 17.6. The zero-order chi connectivity index (χ0) is 17.2. The molecular weight excluding hydrogens is 338 g/mol. The van der Waals surface area contributed by atoms with Gasteiger partial charge in [-0.25, -0.2) is 0 Å². The summed E-state index contributed by atoms with van der Waals surface area (Å²) in [5.74, 6) is 1.07. The summed E-state index contributed by atoms with van der Waals surface area (Å²) in [7, 11) is 1.95. The molecule has 0 aromatic carbocycles. The minimum Gasteiger partial charge on any atom is -0.349 e. The van der Waals surface area contributed by atoms with Crippen LogP contribution < -0.4 is 5.32 Å². The van der Waals surface area contributed by atoms with E-state index in [4.69, 9.17) is 4.52 Å². The number of hydrogen-bond donors (Lipinski definition) is 1. The number of rotatable bonds is 5. The predicted molar refractivity (Wildman–Crippen MR) is 93.0 cm³/mol. The maximum atomic E-state index is 12.3. The summed E-state index contributed by atoms with van der Waals surface area (Å²) in [6.45, 7) is 0. The summed E-state index contributed by atoms with van der Waals surface area (Å²) >= 11 is 1.56. The first-order valence-electron chi connectivity index (χ1n) is 8.37. The van der Waals surface area contributed by atoms with E-state index >= 15 is 0 Å². The number of fused-ring (bicyclic) bond motifs is 1. The lowest BCUT2D eigenvalue weighted by atomic mass is 9.93. The van der Waals surface area contributed by atoms with Crippen LogP contribution in [-0.2, 0) is 24.7 Å². The molecule has 3 aromatic heterocycles. The Morgan fingerprint density at radius 2 is 2.44 bits per heavy atom. The molecule has 0 aliphatic heterocycles. The fraction of sp³-hybridized carbons (Fsp3) is 0.412. The molecule has 0 fully saturated rings. The minimum atomic E-state index is -0.00224. The first kappa shape index (κ1) is 16.0. The molecule has 0 spiro atoms. The van der Waals surface area contributed by atoms with Crippen LogP contribution in [0.1, 0.15) is 42.5 Å². The van der Waals surface area contributed by atoms with Gasteiger partial charge in [0.15, 0.2) is 0 Å². The Bertz CT molecular complexity index is 868. The molecule has 4 rings (SSSR count). The van der Waals surface area contributed by atoms with Crippen molar-refractivity contribution in [1.82, 2.24) is 25.2 Å². The van der Waals surface area contributed by atoms with Crippen LogP contribution in [0, 0.1) is 0 Å². The van der Waals surface area contributed by atoms with Crippen LogP contribution in [0.4, 0.5) is 0 Å². The molecular formula is C17H19N5O2S. The number of carbonyl (C=O) groups is 1. The molecule has 3 heterocycles. The van der Waals surface area contributed by atoms with E-state index < -0.39 is 0 Å². The molecule has 1 aliphatic rings. The molecule has 1 aliphatic carbocycles. The monoisotopic (exact) mass is 357 g/mol. The molecule has 0 saturated carbocycles. The summed E-state index contributed by atoms with van der Waals surface area (Å²) in [6.07, 6.45) is 5.67. The van der Waals surface area contributed by atoms with Crippen molar-refractivity contribution in [2.24, 2.45) is 7.05 Å². The van der Waals surface area contributed by atoms with Gasteiger partial charge in [0.05, 0.1) is 17.1 Å². The summed E-state index contributed by atoms with van der Waals surface area (Å²) in [5, 5.41) is 13.4. The number of amides is 1. The standard InChI is InChI=1S/C17H19N5O2S/c1-22-13-5-2-4-12(11(13)10-18-22)19-15(23)7-8-16-20-17(21-24-16)14-6-3-9-25-14/h3,6,9-10,12H,2,4-5,7-8H2,1H3,(H,19,23). The molecule has 8 heteroatoms. The fourth-order valence-electron chi connectivity index (χ4n) is 3.21. The fourth-order valence-corrected chi connectivity index (χ4v) is 3.85. The molecule has 1 N–H and O–H groups in total. The van der Waals surface area contributed by atoms with E-state index in [0.717, 1.165) is 29.7 Å². The third-order valence-corrected chi connectivity index (χ3v) is 5.35. The average molecular weight is 357 g/mol. The quantitative estimate of drug-likeness (QED) is 0.759. The van der Waals surface area contributed by atoms with Crippen LogP contribution in [0.5, 0.6) is 0 Å². The zero-order valence-corrected chi connectivity index (χ0v) is 14.8. The number of carbonyl (C=O) groups excluding carboxylic acids is 1. The molecule has 3 aromatic rings. The highest BCUT2D eigenvalue weighted by molar-refractivity contribution is 7.13. The Morgan fingerprint density at radius 1 is 1.52 bits per heavy atom. The van der Waals surface area contributed by atoms with Gasteiger partial charge in [-0.2, -0.15) is 10.1 Å². The van der Waals surface area contributed by atoms with Crippen molar-refractivity contribution in [2.75, 3.05) is 0 Å². The molecule has 0 saturated heterocycles. The Morgan fingerprint density at radius 3 is 3.28 bits per heavy atom. The van der Waals surface area contributed by atoms with E-state index in [1.54, 1.807) is 11.3 Å². The van der Waals surface area contributed by atoms with Crippen LogP contribution >= 0.6 is 11.3 Å². The van der Waals surface area contributed by atoms with Gasteiger partial charge < -0.3 is 9.84 Å². The molecule has 1 unspecified atom stereocenters. The zero-order valence-electron chi connectivity index (χ0n) is 13.9. The number of nitrogens with zero attached hydrogens (tertiary/aromatic N) is 4. The van der Waals surface area contributed by atoms with Crippen LogP contribution in [0.15, 0.2) is 28.2 Å². The summed E-state index contributed by atoms with van der Waals surface area (Å²) in [5.41, 5.74) is 2.36. The SMILES string of the molecule is Cn1ncc2c1CCCC2NC(=O)CCc1nc(-c2cccs2)no1. The van der Waals surface area contributed by atoms with E-state index in [0.29, 0.717) is 24.6 Å². The number of hydrogen-bond acceptors (Lipinski definition) is 6. The highest BCUT2D eigenvalue weighted by atomic mass is 32.1.